The van der Waals surface area contributed by atoms with E-state index >= 15 is 0 Å². The summed E-state index contributed by atoms with van der Waals surface area (Å²) in [6.45, 7) is 1.93. The van der Waals surface area contributed by atoms with Crippen LogP contribution < -0.4 is 0 Å². The maximum absolute atomic E-state index is 11.4. The van der Waals surface area contributed by atoms with Crippen molar-refractivity contribution >= 4 is 8.60 Å². The van der Waals surface area contributed by atoms with Gasteiger partial charge in [0, 0.05) is 0 Å². The number of rotatable bonds is 5. The minimum Gasteiger partial charge on any atom is -0.328 e. The van der Waals surface area contributed by atoms with Gasteiger partial charge in [-0.25, -0.2) is 4.52 Å². The first-order valence-corrected chi connectivity index (χ1v) is 4.46. The molecule has 0 saturated carbocycles. The fourth-order valence-corrected chi connectivity index (χ4v) is 0.917. The summed E-state index contributed by atoms with van der Waals surface area (Å²) < 4.78 is 41.6. The Bertz CT molecular complexity index is 119. The van der Waals surface area contributed by atoms with Crippen molar-refractivity contribution in [1.29, 1.82) is 0 Å². The average molecular weight is 206 g/mol. The Morgan fingerprint density at radius 1 is 1.42 bits per heavy atom. The third-order valence-electron chi connectivity index (χ3n) is 0.881. The van der Waals surface area contributed by atoms with Crippen LogP contribution >= 0.6 is 8.60 Å². The largest absolute Gasteiger partial charge is 0.529 e. The van der Waals surface area contributed by atoms with Crippen molar-refractivity contribution in [3.8, 4) is 0 Å². The second kappa shape index (κ2) is 5.70. The molecule has 0 aromatic rings. The van der Waals surface area contributed by atoms with Crippen LogP contribution in [-0.2, 0) is 9.05 Å². The van der Waals surface area contributed by atoms with Gasteiger partial charge in [-0.15, -0.1) is 13.2 Å². The lowest BCUT2D eigenvalue weighted by molar-refractivity contribution is -0.278. The van der Waals surface area contributed by atoms with Crippen LogP contribution in [-0.4, -0.2) is 17.9 Å². The smallest absolute Gasteiger partial charge is 0.328 e. The Morgan fingerprint density at radius 2 is 2.00 bits per heavy atom. The number of hydrogen-bond acceptors (Lipinski definition) is 3. The molecular formula is C5H10F3O3P. The highest BCUT2D eigenvalue weighted by Crippen LogP contribution is 2.40. The zero-order valence-corrected chi connectivity index (χ0v) is 7.36. The predicted molar refractivity (Wildman–Crippen MR) is 37.1 cm³/mol. The third-order valence-corrected chi connectivity index (χ3v) is 1.65. The normalized spacial score (nSPS) is 14.8. The molecule has 1 N–H and O–H groups in total. The number of alkyl halides is 3. The van der Waals surface area contributed by atoms with Crippen LogP contribution in [0.1, 0.15) is 19.8 Å². The molecule has 0 bridgehead atoms. The molecule has 1 atom stereocenters. The Morgan fingerprint density at radius 3 is 2.42 bits per heavy atom. The molecule has 0 fully saturated rings. The summed E-state index contributed by atoms with van der Waals surface area (Å²) in [6.07, 6.45) is -3.44. The molecule has 0 aromatic carbocycles. The van der Waals surface area contributed by atoms with Crippen LogP contribution in [0.25, 0.3) is 0 Å². The summed E-state index contributed by atoms with van der Waals surface area (Å²) >= 11 is 0. The lowest BCUT2D eigenvalue weighted by Gasteiger charge is -2.11. The molecule has 1 unspecified atom stereocenters. The summed E-state index contributed by atoms with van der Waals surface area (Å²) in [5.41, 5.74) is 0. The topological polar surface area (TPSA) is 38.7 Å². The van der Waals surface area contributed by atoms with E-state index in [0.29, 0.717) is 6.42 Å². The molecule has 0 aliphatic rings. The minimum absolute atomic E-state index is 0.0782. The lowest BCUT2D eigenvalue weighted by atomic mass is 10.4. The quantitative estimate of drug-likeness (QED) is 0.554. The van der Waals surface area contributed by atoms with Crippen LogP contribution in [0.15, 0.2) is 0 Å². The van der Waals surface area contributed by atoms with Gasteiger partial charge < -0.3 is 9.42 Å². The molecule has 0 spiro atoms. The van der Waals surface area contributed by atoms with Crippen LogP contribution in [0.4, 0.5) is 13.2 Å². The highest BCUT2D eigenvalue weighted by molar-refractivity contribution is 7.40. The molecule has 3 nitrogen and oxygen atoms in total. The summed E-state index contributed by atoms with van der Waals surface area (Å²) in [7, 11) is -2.81. The van der Waals surface area contributed by atoms with E-state index in [2.05, 4.69) is 9.05 Å². The molecule has 7 heteroatoms. The summed E-state index contributed by atoms with van der Waals surface area (Å²) in [6, 6.07) is 0. The molecule has 12 heavy (non-hydrogen) atoms. The Balaban J connectivity index is 3.40. The van der Waals surface area contributed by atoms with E-state index in [9.17, 15) is 13.2 Å². The van der Waals surface area contributed by atoms with Gasteiger partial charge in [0.1, 0.15) is 0 Å². The molecule has 0 aliphatic carbocycles. The number of hydrogen-bond donors (Lipinski definition) is 1. The van der Waals surface area contributed by atoms with E-state index in [1.165, 1.54) is 0 Å². The van der Waals surface area contributed by atoms with Gasteiger partial charge >= 0.3 is 15.0 Å². The average Bonchev–Trinajstić information content (AvgIpc) is 1.84. The van der Waals surface area contributed by atoms with Crippen molar-refractivity contribution in [2.75, 3.05) is 6.61 Å². The Hall–Kier alpha value is 0.100. The zero-order chi connectivity index (χ0) is 9.61. The van der Waals surface area contributed by atoms with Gasteiger partial charge in [0.15, 0.2) is 0 Å². The first-order chi connectivity index (χ1) is 5.45. The van der Waals surface area contributed by atoms with Gasteiger partial charge in [-0.2, -0.15) is 0 Å². The standard InChI is InChI=1S/C5H10F3O3P/c1-2-3-4-10-12(9)11-5(6,7)8/h9H,2-4H2,1H3. The van der Waals surface area contributed by atoms with E-state index in [0.717, 1.165) is 6.42 Å². The number of halogens is 3. The molecule has 0 radical (unpaired) electrons. The Labute approximate surface area is 69.5 Å². The van der Waals surface area contributed by atoms with Crippen molar-refractivity contribution in [2.24, 2.45) is 0 Å². The maximum Gasteiger partial charge on any atom is 0.529 e. The van der Waals surface area contributed by atoms with Crippen LogP contribution in [0, 0.1) is 0 Å². The summed E-state index contributed by atoms with van der Waals surface area (Å²) in [5.74, 6) is 0. The number of unbranched alkanes of at least 4 members (excludes halogenated alkanes) is 1. The van der Waals surface area contributed by atoms with E-state index < -0.39 is 15.0 Å². The van der Waals surface area contributed by atoms with Crippen molar-refractivity contribution in [3.63, 3.8) is 0 Å². The SMILES string of the molecule is CCCCOP(O)OC(F)(F)F. The third kappa shape index (κ3) is 8.20. The second-order valence-corrected chi connectivity index (χ2v) is 2.88. The predicted octanol–water partition coefficient (Wildman–Crippen LogP) is 2.56. The lowest BCUT2D eigenvalue weighted by Crippen LogP contribution is -2.10. The molecule has 0 aromatic heterocycles. The van der Waals surface area contributed by atoms with Gasteiger partial charge in [-0.05, 0) is 6.42 Å². The summed E-state index contributed by atoms with van der Waals surface area (Å²) in [4.78, 5) is 8.51. The zero-order valence-electron chi connectivity index (χ0n) is 6.47. The fourth-order valence-electron chi connectivity index (χ4n) is 0.402. The van der Waals surface area contributed by atoms with Crippen molar-refractivity contribution < 1.29 is 27.1 Å². The van der Waals surface area contributed by atoms with Gasteiger partial charge in [-0.3, -0.25) is 0 Å². The fraction of sp³-hybridized carbons (Fsp3) is 1.00. The molecule has 0 heterocycles. The molecule has 0 aliphatic heterocycles. The highest BCUT2D eigenvalue weighted by Gasteiger charge is 2.34. The monoisotopic (exact) mass is 206 g/mol. The molecule has 0 rings (SSSR count). The minimum atomic E-state index is -4.83. The first kappa shape index (κ1) is 12.1. The molecule has 0 saturated heterocycles. The molecular weight excluding hydrogens is 196 g/mol. The van der Waals surface area contributed by atoms with Crippen LogP contribution in [0.2, 0.25) is 0 Å². The van der Waals surface area contributed by atoms with Gasteiger partial charge in [0.2, 0.25) is 0 Å². The van der Waals surface area contributed by atoms with Gasteiger partial charge in [-0.1, -0.05) is 13.3 Å². The van der Waals surface area contributed by atoms with Gasteiger partial charge in [0.25, 0.3) is 0 Å². The van der Waals surface area contributed by atoms with Gasteiger partial charge in [0.05, 0.1) is 6.61 Å². The van der Waals surface area contributed by atoms with E-state index in [4.69, 9.17) is 4.89 Å². The van der Waals surface area contributed by atoms with Crippen molar-refractivity contribution in [1.82, 2.24) is 0 Å². The van der Waals surface area contributed by atoms with E-state index in [1.807, 2.05) is 6.92 Å². The van der Waals surface area contributed by atoms with Crippen molar-refractivity contribution in [3.05, 3.63) is 0 Å². The van der Waals surface area contributed by atoms with Crippen molar-refractivity contribution in [2.45, 2.75) is 26.1 Å². The van der Waals surface area contributed by atoms with E-state index in [-0.39, 0.29) is 6.61 Å². The second-order valence-electron chi connectivity index (χ2n) is 1.96. The highest BCUT2D eigenvalue weighted by atomic mass is 31.2. The molecule has 74 valence electrons. The van der Waals surface area contributed by atoms with Crippen LogP contribution in [0.5, 0.6) is 0 Å². The van der Waals surface area contributed by atoms with E-state index in [1.54, 1.807) is 0 Å². The maximum atomic E-state index is 11.4. The Kier molecular flexibility index (Phi) is 5.74. The van der Waals surface area contributed by atoms with Crippen LogP contribution in [0.3, 0.4) is 0 Å². The first-order valence-electron chi connectivity index (χ1n) is 3.33. The summed E-state index contributed by atoms with van der Waals surface area (Å²) in [5, 5.41) is 0. The molecule has 0 amide bonds.